The number of fused-ring (bicyclic) bond motifs is 1. The second-order valence-electron chi connectivity index (χ2n) is 4.97. The van der Waals surface area contributed by atoms with E-state index < -0.39 is 29.9 Å². The van der Waals surface area contributed by atoms with Gasteiger partial charge in [-0.2, -0.15) is 0 Å². The fraction of sp³-hybridized carbons (Fsp3) is 0.692. The van der Waals surface area contributed by atoms with Gasteiger partial charge < -0.3 is 18.9 Å². The predicted molar refractivity (Wildman–Crippen MR) is 64.1 cm³/mol. The first kappa shape index (κ1) is 14.2. The van der Waals surface area contributed by atoms with E-state index in [4.69, 9.17) is 18.9 Å². The summed E-state index contributed by atoms with van der Waals surface area (Å²) in [5.74, 6) is -1.89. The highest BCUT2D eigenvalue weighted by molar-refractivity contribution is 6.18. The summed E-state index contributed by atoms with van der Waals surface area (Å²) >= 11 is 0. The average molecular weight is 270 g/mol. The molecule has 0 saturated carbocycles. The third kappa shape index (κ3) is 2.86. The van der Waals surface area contributed by atoms with Crippen LogP contribution in [0.5, 0.6) is 0 Å². The van der Waals surface area contributed by atoms with E-state index in [0.29, 0.717) is 6.42 Å². The average Bonchev–Trinajstić information content (AvgIpc) is 2.80. The van der Waals surface area contributed by atoms with E-state index in [0.717, 1.165) is 0 Å². The molecule has 2 aliphatic heterocycles. The lowest BCUT2D eigenvalue weighted by Gasteiger charge is -2.20. The van der Waals surface area contributed by atoms with Gasteiger partial charge in [0.25, 0.3) is 0 Å². The van der Waals surface area contributed by atoms with Crippen LogP contribution in [0.4, 0.5) is 0 Å². The van der Waals surface area contributed by atoms with Crippen molar-refractivity contribution in [1.82, 2.24) is 0 Å². The summed E-state index contributed by atoms with van der Waals surface area (Å²) in [7, 11) is 0. The summed E-state index contributed by atoms with van der Waals surface area (Å²) in [5, 5.41) is 0. The zero-order chi connectivity index (χ0) is 14.2. The molecule has 0 radical (unpaired) electrons. The van der Waals surface area contributed by atoms with Gasteiger partial charge in [0.1, 0.15) is 12.2 Å². The first-order chi connectivity index (χ1) is 8.84. The van der Waals surface area contributed by atoms with Crippen molar-refractivity contribution >= 4 is 11.8 Å². The molecule has 0 aliphatic carbocycles. The van der Waals surface area contributed by atoms with Gasteiger partial charge in [0.05, 0.1) is 12.2 Å². The standard InChI is InChI=1S/C13H18O6/c1-5-16-11(15)7(2)10(14)8-6-9-12(17-8)19-13(3,4)18-9/h8-9,12H,2,5-6H2,1,3-4H3/t8-,9-,12-/m0/s1. The van der Waals surface area contributed by atoms with E-state index in [9.17, 15) is 9.59 Å². The Labute approximate surface area is 111 Å². The predicted octanol–water partition coefficient (Wildman–Crippen LogP) is 0.941. The van der Waals surface area contributed by atoms with E-state index in [2.05, 4.69) is 6.58 Å². The minimum Gasteiger partial charge on any atom is -0.462 e. The van der Waals surface area contributed by atoms with Gasteiger partial charge >= 0.3 is 5.97 Å². The topological polar surface area (TPSA) is 71.1 Å². The van der Waals surface area contributed by atoms with Crippen molar-refractivity contribution in [2.45, 2.75) is 51.5 Å². The fourth-order valence-electron chi connectivity index (χ4n) is 2.19. The van der Waals surface area contributed by atoms with Gasteiger partial charge in [-0.15, -0.1) is 0 Å². The smallest absolute Gasteiger partial charge is 0.341 e. The normalized spacial score (nSPS) is 31.8. The van der Waals surface area contributed by atoms with E-state index >= 15 is 0 Å². The number of ether oxygens (including phenoxy) is 4. The van der Waals surface area contributed by atoms with Crippen molar-refractivity contribution in [3.63, 3.8) is 0 Å². The van der Waals surface area contributed by atoms with Crippen LogP contribution < -0.4 is 0 Å². The maximum absolute atomic E-state index is 12.0. The van der Waals surface area contributed by atoms with Crippen LogP contribution in [0.3, 0.4) is 0 Å². The molecule has 0 spiro atoms. The van der Waals surface area contributed by atoms with E-state index in [1.54, 1.807) is 20.8 Å². The van der Waals surface area contributed by atoms with Crippen LogP contribution in [-0.2, 0) is 28.5 Å². The molecule has 0 aromatic heterocycles. The van der Waals surface area contributed by atoms with Crippen LogP contribution in [0.1, 0.15) is 27.2 Å². The molecular formula is C13H18O6. The Kier molecular flexibility index (Phi) is 3.75. The Balaban J connectivity index is 1.94. The highest BCUT2D eigenvalue weighted by Crippen LogP contribution is 2.37. The molecule has 0 bridgehead atoms. The Morgan fingerprint density at radius 1 is 1.37 bits per heavy atom. The molecule has 0 aromatic carbocycles. The van der Waals surface area contributed by atoms with Crippen molar-refractivity contribution in [3.8, 4) is 0 Å². The molecule has 0 unspecified atom stereocenters. The Hall–Kier alpha value is -1.24. The molecule has 6 heteroatoms. The lowest BCUT2D eigenvalue weighted by atomic mass is 10.0. The quantitative estimate of drug-likeness (QED) is 0.328. The third-order valence-electron chi connectivity index (χ3n) is 3.00. The summed E-state index contributed by atoms with van der Waals surface area (Å²) < 4.78 is 21.3. The van der Waals surface area contributed by atoms with Gasteiger partial charge in [-0.25, -0.2) is 4.79 Å². The number of esters is 1. The molecule has 3 atom stereocenters. The SMILES string of the molecule is C=C(C(=O)OCC)C(=O)[C@@H]1C[C@@H]2OC(C)(C)O[C@@H]2O1. The van der Waals surface area contributed by atoms with Crippen molar-refractivity contribution < 1.29 is 28.5 Å². The fourth-order valence-corrected chi connectivity index (χ4v) is 2.19. The van der Waals surface area contributed by atoms with Crippen LogP contribution >= 0.6 is 0 Å². The molecule has 106 valence electrons. The van der Waals surface area contributed by atoms with Crippen molar-refractivity contribution in [2.24, 2.45) is 0 Å². The van der Waals surface area contributed by atoms with Gasteiger partial charge in [0.2, 0.25) is 0 Å². The van der Waals surface area contributed by atoms with E-state index in [1.807, 2.05) is 0 Å². The minimum atomic E-state index is -0.761. The van der Waals surface area contributed by atoms with Crippen LogP contribution in [-0.4, -0.2) is 42.6 Å². The van der Waals surface area contributed by atoms with Crippen LogP contribution in [0.25, 0.3) is 0 Å². The second-order valence-corrected chi connectivity index (χ2v) is 4.97. The van der Waals surface area contributed by atoms with Gasteiger partial charge in [-0.3, -0.25) is 4.79 Å². The zero-order valence-corrected chi connectivity index (χ0v) is 11.3. The first-order valence-electron chi connectivity index (χ1n) is 6.25. The van der Waals surface area contributed by atoms with Crippen molar-refractivity contribution in [2.75, 3.05) is 6.61 Å². The van der Waals surface area contributed by atoms with Gasteiger partial charge in [0, 0.05) is 6.42 Å². The maximum Gasteiger partial charge on any atom is 0.341 e. The highest BCUT2D eigenvalue weighted by atomic mass is 16.8. The maximum atomic E-state index is 12.0. The highest BCUT2D eigenvalue weighted by Gasteiger charge is 2.50. The first-order valence-corrected chi connectivity index (χ1v) is 6.25. The second kappa shape index (κ2) is 5.03. The van der Waals surface area contributed by atoms with E-state index in [-0.39, 0.29) is 18.3 Å². The lowest BCUT2D eigenvalue weighted by Crippen LogP contribution is -2.30. The van der Waals surface area contributed by atoms with Gasteiger partial charge in [-0.1, -0.05) is 6.58 Å². The van der Waals surface area contributed by atoms with Crippen molar-refractivity contribution in [1.29, 1.82) is 0 Å². The summed E-state index contributed by atoms with van der Waals surface area (Å²) in [5.41, 5.74) is -0.203. The number of carbonyl (C=O) groups is 2. The summed E-state index contributed by atoms with van der Waals surface area (Å²) in [6.07, 6.45) is -1.27. The Morgan fingerprint density at radius 3 is 2.63 bits per heavy atom. The molecule has 0 aromatic rings. The Morgan fingerprint density at radius 2 is 2.05 bits per heavy atom. The van der Waals surface area contributed by atoms with E-state index in [1.165, 1.54) is 0 Å². The van der Waals surface area contributed by atoms with Crippen LogP contribution in [0.2, 0.25) is 0 Å². The number of rotatable bonds is 4. The summed E-state index contributed by atoms with van der Waals surface area (Å²) in [6.45, 7) is 8.88. The number of hydrogen-bond acceptors (Lipinski definition) is 6. The van der Waals surface area contributed by atoms with Crippen molar-refractivity contribution in [3.05, 3.63) is 12.2 Å². The minimum absolute atomic E-state index is 0.197. The molecule has 0 N–H and O–H groups in total. The van der Waals surface area contributed by atoms with Crippen LogP contribution in [0, 0.1) is 0 Å². The molecule has 19 heavy (non-hydrogen) atoms. The molecular weight excluding hydrogens is 252 g/mol. The molecule has 6 nitrogen and oxygen atoms in total. The molecule has 2 heterocycles. The molecule has 2 aliphatic rings. The van der Waals surface area contributed by atoms with Crippen LogP contribution in [0.15, 0.2) is 12.2 Å². The lowest BCUT2D eigenvalue weighted by molar-refractivity contribution is -0.204. The molecule has 0 amide bonds. The Bertz CT molecular complexity index is 397. The number of Topliss-reactive ketones (excluding diaryl/α,β-unsaturated/α-hetero) is 1. The molecule has 2 fully saturated rings. The number of ketones is 1. The summed E-state index contributed by atoms with van der Waals surface area (Å²) in [4.78, 5) is 23.4. The molecule has 2 rings (SSSR count). The summed E-state index contributed by atoms with van der Waals surface area (Å²) in [6, 6.07) is 0. The number of hydrogen-bond donors (Lipinski definition) is 0. The largest absolute Gasteiger partial charge is 0.462 e. The zero-order valence-electron chi connectivity index (χ0n) is 11.3. The third-order valence-corrected chi connectivity index (χ3v) is 3.00. The monoisotopic (exact) mass is 270 g/mol. The van der Waals surface area contributed by atoms with Gasteiger partial charge in [0.15, 0.2) is 17.9 Å². The molecule has 2 saturated heterocycles. The number of carbonyl (C=O) groups excluding carboxylic acids is 2. The van der Waals surface area contributed by atoms with Gasteiger partial charge in [-0.05, 0) is 20.8 Å².